The van der Waals surface area contributed by atoms with Crippen LogP contribution in [0.5, 0.6) is 0 Å². The molecule has 0 heterocycles. The van der Waals surface area contributed by atoms with Gasteiger partial charge in [-0.3, -0.25) is 14.4 Å². The number of esters is 3. The van der Waals surface area contributed by atoms with Crippen LogP contribution in [0.25, 0.3) is 0 Å². The minimum Gasteiger partial charge on any atom is -0.462 e. The molecule has 0 bridgehead atoms. The van der Waals surface area contributed by atoms with E-state index in [4.69, 9.17) is 14.2 Å². The summed E-state index contributed by atoms with van der Waals surface area (Å²) in [6.07, 6.45) is 78.7. The van der Waals surface area contributed by atoms with Crippen LogP contribution in [-0.4, -0.2) is 37.2 Å². The van der Waals surface area contributed by atoms with E-state index in [1.165, 1.54) is 116 Å². The molecule has 0 amide bonds. The van der Waals surface area contributed by atoms with Crippen LogP contribution in [0.3, 0.4) is 0 Å². The highest BCUT2D eigenvalue weighted by atomic mass is 16.6. The van der Waals surface area contributed by atoms with Crippen molar-refractivity contribution in [2.75, 3.05) is 13.2 Å². The summed E-state index contributed by atoms with van der Waals surface area (Å²) in [4.78, 5) is 38.2. The Kier molecular flexibility index (Phi) is 57.3. The molecule has 1 atom stereocenters. The van der Waals surface area contributed by atoms with Crippen LogP contribution in [0.15, 0.2) is 85.1 Å². The molecule has 0 spiro atoms. The summed E-state index contributed by atoms with van der Waals surface area (Å²) in [5, 5.41) is 0. The highest BCUT2D eigenvalue weighted by molar-refractivity contribution is 5.71. The predicted octanol–water partition coefficient (Wildman–Crippen LogP) is 20.7. The number of ether oxygens (including phenoxy) is 3. The second-order valence-electron chi connectivity index (χ2n) is 20.2. The lowest BCUT2D eigenvalue weighted by atomic mass is 10.0. The van der Waals surface area contributed by atoms with Gasteiger partial charge in [0.05, 0.1) is 0 Å². The van der Waals surface area contributed by atoms with Crippen LogP contribution in [0, 0.1) is 0 Å². The maximum absolute atomic E-state index is 12.9. The van der Waals surface area contributed by atoms with Gasteiger partial charge in [-0.1, -0.05) is 273 Å². The Morgan fingerprint density at radius 2 is 0.569 bits per heavy atom. The average molecular weight is 1000 g/mol. The minimum atomic E-state index is -0.790. The largest absolute Gasteiger partial charge is 0.462 e. The zero-order valence-corrected chi connectivity index (χ0v) is 47.4. The zero-order chi connectivity index (χ0) is 52.2. The molecule has 0 aliphatic carbocycles. The molecule has 0 saturated heterocycles. The Morgan fingerprint density at radius 3 is 0.903 bits per heavy atom. The van der Waals surface area contributed by atoms with E-state index in [9.17, 15) is 14.4 Å². The van der Waals surface area contributed by atoms with E-state index < -0.39 is 6.10 Å². The first kappa shape index (κ1) is 68.6. The van der Waals surface area contributed by atoms with Gasteiger partial charge in [-0.2, -0.15) is 0 Å². The molecule has 1 unspecified atom stereocenters. The third-order valence-corrected chi connectivity index (χ3v) is 13.1. The number of carbonyl (C=O) groups excluding carboxylic acids is 3. The lowest BCUT2D eigenvalue weighted by Crippen LogP contribution is -2.30. The van der Waals surface area contributed by atoms with Crippen molar-refractivity contribution < 1.29 is 28.6 Å². The molecule has 72 heavy (non-hydrogen) atoms. The molecule has 0 N–H and O–H groups in total. The van der Waals surface area contributed by atoms with Gasteiger partial charge in [-0.15, -0.1) is 0 Å². The van der Waals surface area contributed by atoms with Gasteiger partial charge >= 0.3 is 17.9 Å². The van der Waals surface area contributed by atoms with Crippen LogP contribution < -0.4 is 0 Å². The molecule has 0 rings (SSSR count). The average Bonchev–Trinajstić information content (AvgIpc) is 3.38. The Balaban J connectivity index is 4.38. The molecule has 0 aliphatic rings. The van der Waals surface area contributed by atoms with Crippen molar-refractivity contribution in [1.82, 2.24) is 0 Å². The van der Waals surface area contributed by atoms with E-state index in [1.54, 1.807) is 0 Å². The highest BCUT2D eigenvalue weighted by Crippen LogP contribution is 2.17. The zero-order valence-electron chi connectivity index (χ0n) is 47.4. The van der Waals surface area contributed by atoms with E-state index >= 15 is 0 Å². The van der Waals surface area contributed by atoms with E-state index in [0.29, 0.717) is 19.3 Å². The molecule has 0 aliphatic heterocycles. The third kappa shape index (κ3) is 57.5. The maximum atomic E-state index is 12.9. The van der Waals surface area contributed by atoms with Crippen LogP contribution >= 0.6 is 0 Å². The number of allylic oxidation sites excluding steroid dienone is 14. The predicted molar refractivity (Wildman–Crippen MR) is 311 cm³/mol. The summed E-state index contributed by atoms with van der Waals surface area (Å²) in [7, 11) is 0. The molecule has 0 aromatic carbocycles. The van der Waals surface area contributed by atoms with E-state index in [2.05, 4.69) is 106 Å². The lowest BCUT2D eigenvalue weighted by Gasteiger charge is -2.18. The molecule has 0 aromatic heterocycles. The Labute approximate surface area is 445 Å². The molecule has 414 valence electrons. The van der Waals surface area contributed by atoms with Crippen molar-refractivity contribution >= 4 is 17.9 Å². The van der Waals surface area contributed by atoms with Crippen molar-refractivity contribution in [2.45, 2.75) is 303 Å². The number of unbranched alkanes of at least 4 members (excludes halogenated alkanes) is 30. The number of hydrogen-bond donors (Lipinski definition) is 0. The molecule has 6 nitrogen and oxygen atoms in total. The normalized spacial score (nSPS) is 12.7. The van der Waals surface area contributed by atoms with Crippen LogP contribution in [0.4, 0.5) is 0 Å². The fourth-order valence-corrected chi connectivity index (χ4v) is 8.57. The molecule has 6 heteroatoms. The first-order valence-corrected chi connectivity index (χ1v) is 30.6. The summed E-state index contributed by atoms with van der Waals surface area (Å²) in [6, 6.07) is 0. The molecular formula is C66H114O6. The van der Waals surface area contributed by atoms with Gasteiger partial charge in [0.15, 0.2) is 6.10 Å². The van der Waals surface area contributed by atoms with Gasteiger partial charge in [0.25, 0.3) is 0 Å². The quantitative estimate of drug-likeness (QED) is 0.0261. The summed E-state index contributed by atoms with van der Waals surface area (Å²) in [6.45, 7) is 6.46. The standard InChI is InChI=1S/C66H114O6/c1-4-7-10-13-16-19-22-25-27-29-31-33-35-36-38-41-44-47-50-53-56-59-65(68)71-62-63(61-70-64(67)58-55-52-49-46-43-40-24-21-18-15-12-9-6-3)72-66(69)60-57-54-51-48-45-42-39-37-34-32-30-28-26-23-20-17-14-11-8-5-2/h7,10,12,15-16,19,21,24-25,27,31,33,36,38,63H,4-6,8-9,11,13-14,17-18,20,22-23,26,28-30,32,34-35,37,39-62H2,1-3H3/b10-7-,15-12-,19-16-,24-21-,27-25-,33-31-,38-36-. The lowest BCUT2D eigenvalue weighted by molar-refractivity contribution is -0.167. The second kappa shape index (κ2) is 60.1. The monoisotopic (exact) mass is 1000 g/mol. The summed E-state index contributed by atoms with van der Waals surface area (Å²) in [5.74, 6) is -0.909. The first-order valence-electron chi connectivity index (χ1n) is 30.6. The second-order valence-corrected chi connectivity index (χ2v) is 20.2. The fourth-order valence-electron chi connectivity index (χ4n) is 8.57. The topological polar surface area (TPSA) is 78.9 Å². The van der Waals surface area contributed by atoms with E-state index in [-0.39, 0.29) is 31.1 Å². The SMILES string of the molecule is CC/C=C\C/C=C\C/C=C\C/C=C\C/C=C\CCCCCCCC(=O)OCC(COC(=O)CCCCCCC/C=C\C/C=C\CCC)OC(=O)CCCCCCCCCCCCCCCCCCCCCC. The third-order valence-electron chi connectivity index (χ3n) is 13.1. The molecule has 0 aromatic rings. The van der Waals surface area contributed by atoms with Crippen molar-refractivity contribution in [1.29, 1.82) is 0 Å². The van der Waals surface area contributed by atoms with Crippen LogP contribution in [0.2, 0.25) is 0 Å². The van der Waals surface area contributed by atoms with E-state index in [1.807, 2.05) is 0 Å². The fraction of sp³-hybridized carbons (Fsp3) is 0.742. The Hall–Kier alpha value is -3.41. The number of carbonyl (C=O) groups is 3. The van der Waals surface area contributed by atoms with Gasteiger partial charge in [0.1, 0.15) is 13.2 Å². The highest BCUT2D eigenvalue weighted by Gasteiger charge is 2.19. The van der Waals surface area contributed by atoms with Crippen molar-refractivity contribution in [2.24, 2.45) is 0 Å². The van der Waals surface area contributed by atoms with Crippen molar-refractivity contribution in [3.8, 4) is 0 Å². The first-order chi connectivity index (χ1) is 35.5. The van der Waals surface area contributed by atoms with Crippen molar-refractivity contribution in [3.05, 3.63) is 85.1 Å². The van der Waals surface area contributed by atoms with Gasteiger partial charge in [-0.05, 0) is 89.9 Å². The smallest absolute Gasteiger partial charge is 0.306 e. The molecule has 0 radical (unpaired) electrons. The maximum Gasteiger partial charge on any atom is 0.306 e. The van der Waals surface area contributed by atoms with E-state index in [0.717, 1.165) is 141 Å². The molecule has 0 fully saturated rings. The minimum absolute atomic E-state index is 0.0883. The van der Waals surface area contributed by atoms with Crippen LogP contribution in [0.1, 0.15) is 297 Å². The molecular weight excluding hydrogens is 889 g/mol. The summed E-state index contributed by atoms with van der Waals surface area (Å²) >= 11 is 0. The number of hydrogen-bond acceptors (Lipinski definition) is 6. The van der Waals surface area contributed by atoms with Gasteiger partial charge in [-0.25, -0.2) is 0 Å². The Bertz CT molecular complexity index is 1380. The number of rotatable bonds is 55. The van der Waals surface area contributed by atoms with Crippen LogP contribution in [-0.2, 0) is 28.6 Å². The van der Waals surface area contributed by atoms with Gasteiger partial charge < -0.3 is 14.2 Å². The molecule has 0 saturated carbocycles. The van der Waals surface area contributed by atoms with Crippen molar-refractivity contribution in [3.63, 3.8) is 0 Å². The summed E-state index contributed by atoms with van der Waals surface area (Å²) in [5.41, 5.74) is 0. The van der Waals surface area contributed by atoms with Gasteiger partial charge in [0.2, 0.25) is 0 Å². The van der Waals surface area contributed by atoms with Gasteiger partial charge in [0, 0.05) is 19.3 Å². The summed E-state index contributed by atoms with van der Waals surface area (Å²) < 4.78 is 16.9. The Morgan fingerprint density at radius 1 is 0.292 bits per heavy atom.